The SMILES string of the molecule is CCOc1cc2occ(-c3cc(OC)ccc3OC)c2cc1/C(C)=C/C(=O)Nc1cccc(OC)c1. The first-order valence-electron chi connectivity index (χ1n) is 11.5. The largest absolute Gasteiger partial charge is 0.497 e. The minimum Gasteiger partial charge on any atom is -0.497 e. The fourth-order valence-corrected chi connectivity index (χ4v) is 4.02. The summed E-state index contributed by atoms with van der Waals surface area (Å²) in [4.78, 5) is 12.8. The van der Waals surface area contributed by atoms with E-state index in [1.54, 1.807) is 45.8 Å². The van der Waals surface area contributed by atoms with E-state index in [4.69, 9.17) is 23.4 Å². The standard InChI is InChI=1S/C29H29NO6/c1-6-35-27-16-28-24(25(17-36-28)23-14-21(33-4)10-11-26(23)34-5)15-22(27)18(2)12-29(31)30-19-8-7-9-20(13-19)32-3/h7-17H,6H2,1-5H3,(H,30,31)/b18-12+. The van der Waals surface area contributed by atoms with Crippen molar-refractivity contribution < 1.29 is 28.2 Å². The lowest BCUT2D eigenvalue weighted by Gasteiger charge is -2.13. The van der Waals surface area contributed by atoms with E-state index in [9.17, 15) is 4.79 Å². The Kier molecular flexibility index (Phi) is 7.49. The third kappa shape index (κ3) is 5.15. The number of rotatable bonds is 9. The minimum atomic E-state index is -0.259. The molecule has 0 atom stereocenters. The average molecular weight is 488 g/mol. The van der Waals surface area contributed by atoms with Crippen LogP contribution in [0.1, 0.15) is 19.4 Å². The second-order valence-electron chi connectivity index (χ2n) is 8.04. The van der Waals surface area contributed by atoms with Crippen LogP contribution < -0.4 is 24.3 Å². The quantitative estimate of drug-likeness (QED) is 0.269. The van der Waals surface area contributed by atoms with Crippen LogP contribution in [-0.2, 0) is 4.79 Å². The molecule has 0 fully saturated rings. The van der Waals surface area contributed by atoms with Gasteiger partial charge < -0.3 is 28.7 Å². The van der Waals surface area contributed by atoms with Crippen molar-refractivity contribution in [2.45, 2.75) is 13.8 Å². The van der Waals surface area contributed by atoms with Gasteiger partial charge in [0.05, 0.1) is 34.2 Å². The Hall–Kier alpha value is -4.39. The zero-order valence-corrected chi connectivity index (χ0v) is 21.0. The van der Waals surface area contributed by atoms with Crippen molar-refractivity contribution in [2.24, 2.45) is 0 Å². The number of benzene rings is 3. The molecule has 7 nitrogen and oxygen atoms in total. The maximum absolute atomic E-state index is 12.8. The summed E-state index contributed by atoms with van der Waals surface area (Å²) in [5, 5.41) is 3.74. The molecule has 1 N–H and O–H groups in total. The number of hydrogen-bond donors (Lipinski definition) is 1. The number of anilines is 1. The van der Waals surface area contributed by atoms with E-state index in [1.807, 2.05) is 56.3 Å². The van der Waals surface area contributed by atoms with E-state index in [0.29, 0.717) is 40.9 Å². The number of furan rings is 1. The van der Waals surface area contributed by atoms with Crippen LogP contribution in [0.4, 0.5) is 5.69 Å². The Labute approximate surface area is 210 Å². The van der Waals surface area contributed by atoms with Gasteiger partial charge in [0.15, 0.2) is 0 Å². The summed E-state index contributed by atoms with van der Waals surface area (Å²) in [6.45, 7) is 4.26. The van der Waals surface area contributed by atoms with E-state index in [1.165, 1.54) is 0 Å². The van der Waals surface area contributed by atoms with Gasteiger partial charge >= 0.3 is 0 Å². The molecule has 0 unspecified atom stereocenters. The normalized spacial score (nSPS) is 11.3. The number of methoxy groups -OCH3 is 3. The van der Waals surface area contributed by atoms with Crippen molar-refractivity contribution >= 4 is 28.1 Å². The van der Waals surface area contributed by atoms with Crippen LogP contribution in [0, 0.1) is 0 Å². The number of fused-ring (bicyclic) bond motifs is 1. The van der Waals surface area contributed by atoms with Gasteiger partial charge in [0.1, 0.15) is 28.6 Å². The predicted octanol–water partition coefficient (Wildman–Crippen LogP) is 6.57. The number of hydrogen-bond acceptors (Lipinski definition) is 6. The molecule has 0 spiro atoms. The molecule has 4 rings (SSSR count). The third-order valence-electron chi connectivity index (χ3n) is 5.78. The molecule has 3 aromatic carbocycles. The van der Waals surface area contributed by atoms with Crippen molar-refractivity contribution in [3.8, 4) is 34.1 Å². The van der Waals surface area contributed by atoms with Crippen LogP contribution in [0.2, 0.25) is 0 Å². The Bertz CT molecular complexity index is 1420. The van der Waals surface area contributed by atoms with Gasteiger partial charge in [0.25, 0.3) is 0 Å². The van der Waals surface area contributed by atoms with Gasteiger partial charge in [0.2, 0.25) is 5.91 Å². The monoisotopic (exact) mass is 487 g/mol. The first-order chi connectivity index (χ1) is 17.5. The number of ether oxygens (including phenoxy) is 4. The molecule has 0 aliphatic carbocycles. The third-order valence-corrected chi connectivity index (χ3v) is 5.78. The molecule has 7 heteroatoms. The Morgan fingerprint density at radius 1 is 0.917 bits per heavy atom. The van der Waals surface area contributed by atoms with Crippen LogP contribution in [0.15, 0.2) is 71.4 Å². The molecule has 1 heterocycles. The smallest absolute Gasteiger partial charge is 0.248 e. The zero-order chi connectivity index (χ0) is 25.7. The first kappa shape index (κ1) is 24.7. The molecule has 0 saturated carbocycles. The highest BCUT2D eigenvalue weighted by atomic mass is 16.5. The van der Waals surface area contributed by atoms with Crippen molar-refractivity contribution in [3.05, 3.63) is 72.5 Å². The van der Waals surface area contributed by atoms with Gasteiger partial charge in [0, 0.05) is 46.0 Å². The van der Waals surface area contributed by atoms with E-state index in [2.05, 4.69) is 5.32 Å². The highest BCUT2D eigenvalue weighted by Gasteiger charge is 2.18. The van der Waals surface area contributed by atoms with Crippen LogP contribution in [-0.4, -0.2) is 33.8 Å². The van der Waals surface area contributed by atoms with E-state index in [-0.39, 0.29) is 5.91 Å². The minimum absolute atomic E-state index is 0.259. The summed E-state index contributed by atoms with van der Waals surface area (Å²) in [7, 11) is 4.83. The summed E-state index contributed by atoms with van der Waals surface area (Å²) in [6.07, 6.45) is 3.24. The summed E-state index contributed by atoms with van der Waals surface area (Å²) in [5.41, 5.74) is 4.52. The molecule has 0 aliphatic heterocycles. The summed E-state index contributed by atoms with van der Waals surface area (Å²) in [5.74, 6) is 2.44. The molecular formula is C29H29NO6. The van der Waals surface area contributed by atoms with Crippen LogP contribution in [0.3, 0.4) is 0 Å². The summed E-state index contributed by atoms with van der Waals surface area (Å²) < 4.78 is 28.0. The first-order valence-corrected chi connectivity index (χ1v) is 11.5. The second-order valence-corrected chi connectivity index (χ2v) is 8.04. The van der Waals surface area contributed by atoms with Crippen molar-refractivity contribution in [1.29, 1.82) is 0 Å². The predicted molar refractivity (Wildman–Crippen MR) is 141 cm³/mol. The number of nitrogens with one attached hydrogen (secondary N) is 1. The zero-order valence-electron chi connectivity index (χ0n) is 21.0. The molecule has 0 bridgehead atoms. The summed E-state index contributed by atoms with van der Waals surface area (Å²) >= 11 is 0. The Morgan fingerprint density at radius 2 is 1.69 bits per heavy atom. The van der Waals surface area contributed by atoms with Crippen LogP contribution >= 0.6 is 0 Å². The Balaban J connectivity index is 1.76. The molecule has 1 aromatic heterocycles. The molecular weight excluding hydrogens is 458 g/mol. The van der Waals surface area contributed by atoms with Crippen molar-refractivity contribution in [1.82, 2.24) is 0 Å². The number of amides is 1. The fraction of sp³-hybridized carbons (Fsp3) is 0.207. The van der Waals surface area contributed by atoms with Gasteiger partial charge in [-0.15, -0.1) is 0 Å². The average Bonchev–Trinajstić information content (AvgIpc) is 3.30. The lowest BCUT2D eigenvalue weighted by Crippen LogP contribution is -2.08. The lowest BCUT2D eigenvalue weighted by molar-refractivity contribution is -0.111. The molecule has 4 aromatic rings. The number of carbonyl (C=O) groups excluding carboxylic acids is 1. The van der Waals surface area contributed by atoms with E-state index in [0.717, 1.165) is 27.6 Å². The highest BCUT2D eigenvalue weighted by molar-refractivity contribution is 6.05. The fourth-order valence-electron chi connectivity index (χ4n) is 4.02. The molecule has 1 amide bonds. The molecule has 0 radical (unpaired) electrons. The number of carbonyl (C=O) groups is 1. The Morgan fingerprint density at radius 3 is 2.42 bits per heavy atom. The molecule has 186 valence electrons. The van der Waals surface area contributed by atoms with Crippen LogP contribution in [0.5, 0.6) is 23.0 Å². The lowest BCUT2D eigenvalue weighted by atomic mass is 9.98. The van der Waals surface area contributed by atoms with Gasteiger partial charge in [-0.25, -0.2) is 0 Å². The van der Waals surface area contributed by atoms with Gasteiger partial charge in [-0.1, -0.05) is 6.07 Å². The topological polar surface area (TPSA) is 79.2 Å². The highest BCUT2D eigenvalue weighted by Crippen LogP contribution is 2.41. The van der Waals surface area contributed by atoms with Gasteiger partial charge in [-0.2, -0.15) is 0 Å². The number of allylic oxidation sites excluding steroid dienone is 1. The van der Waals surface area contributed by atoms with E-state index < -0.39 is 0 Å². The van der Waals surface area contributed by atoms with Crippen LogP contribution in [0.25, 0.3) is 27.7 Å². The molecule has 0 aliphatic rings. The van der Waals surface area contributed by atoms with Crippen molar-refractivity contribution in [3.63, 3.8) is 0 Å². The van der Waals surface area contributed by atoms with E-state index >= 15 is 0 Å². The van der Waals surface area contributed by atoms with Gasteiger partial charge in [-0.05, 0) is 55.8 Å². The maximum Gasteiger partial charge on any atom is 0.248 e. The molecule has 36 heavy (non-hydrogen) atoms. The van der Waals surface area contributed by atoms with Gasteiger partial charge in [-0.3, -0.25) is 4.79 Å². The van der Waals surface area contributed by atoms with Crippen molar-refractivity contribution in [2.75, 3.05) is 33.3 Å². The second kappa shape index (κ2) is 10.9. The summed E-state index contributed by atoms with van der Waals surface area (Å²) in [6, 6.07) is 16.6. The maximum atomic E-state index is 12.8. The molecule has 0 saturated heterocycles.